The van der Waals surface area contributed by atoms with Gasteiger partial charge in [-0.25, -0.2) is 0 Å². The summed E-state index contributed by atoms with van der Waals surface area (Å²) in [6.07, 6.45) is 7.33. The maximum atomic E-state index is 12.1. The lowest BCUT2D eigenvalue weighted by Gasteiger charge is -2.19. The number of halogens is 1. The summed E-state index contributed by atoms with van der Waals surface area (Å²) in [6, 6.07) is 16.9. The molecule has 0 unspecified atom stereocenters. The Labute approximate surface area is 211 Å². The van der Waals surface area contributed by atoms with Crippen molar-refractivity contribution >= 4 is 18.4 Å². The lowest BCUT2D eigenvalue weighted by atomic mass is 10.0. The Morgan fingerprint density at radius 2 is 1.91 bits per heavy atom. The van der Waals surface area contributed by atoms with Gasteiger partial charge in [0.2, 0.25) is 0 Å². The fourth-order valence-electron chi connectivity index (χ4n) is 4.48. The van der Waals surface area contributed by atoms with E-state index >= 15 is 0 Å². The monoisotopic (exact) mass is 489 g/mol. The number of carbonyl (C=O) groups is 1. The van der Waals surface area contributed by atoms with Crippen LogP contribution in [0, 0.1) is 0 Å². The third-order valence-electron chi connectivity index (χ3n) is 6.43. The molecule has 0 aliphatic carbocycles. The van der Waals surface area contributed by atoms with Crippen molar-refractivity contribution in [2.75, 3.05) is 27.3 Å². The standard InChI is InChI=1S/C28H39NO4.ClH/c1-4-5-6-14-28(30)33-26-20-24(29(2)21-26)17-18-32-27-13-8-7-11-23(27)16-15-22-10-9-12-25(19-22)31-3;/h7-13,19,24,26H,4-6,14-18,20-21H2,1-3H3;1H/t24-,26-;/m1./s1. The lowest BCUT2D eigenvalue weighted by Crippen LogP contribution is -2.27. The van der Waals surface area contributed by atoms with E-state index < -0.39 is 0 Å². The van der Waals surface area contributed by atoms with Crippen molar-refractivity contribution in [3.8, 4) is 11.5 Å². The number of rotatable bonds is 13. The molecule has 0 spiro atoms. The van der Waals surface area contributed by atoms with Gasteiger partial charge in [0.15, 0.2) is 0 Å². The van der Waals surface area contributed by atoms with Crippen molar-refractivity contribution in [1.82, 2.24) is 4.90 Å². The van der Waals surface area contributed by atoms with Gasteiger partial charge in [0.05, 0.1) is 13.7 Å². The number of hydrogen-bond donors (Lipinski definition) is 0. The molecular weight excluding hydrogens is 450 g/mol. The Hall–Kier alpha value is -2.24. The van der Waals surface area contributed by atoms with E-state index in [1.807, 2.05) is 18.2 Å². The van der Waals surface area contributed by atoms with Crippen LogP contribution in [0.15, 0.2) is 48.5 Å². The molecule has 6 heteroatoms. The molecule has 0 N–H and O–H groups in total. The van der Waals surface area contributed by atoms with Gasteiger partial charge < -0.3 is 14.2 Å². The zero-order valence-electron chi connectivity index (χ0n) is 20.8. The Morgan fingerprint density at radius 1 is 1.09 bits per heavy atom. The van der Waals surface area contributed by atoms with Crippen molar-refractivity contribution in [3.63, 3.8) is 0 Å². The third kappa shape index (κ3) is 8.84. The third-order valence-corrected chi connectivity index (χ3v) is 6.43. The van der Waals surface area contributed by atoms with E-state index in [1.54, 1.807) is 7.11 Å². The molecule has 34 heavy (non-hydrogen) atoms. The topological polar surface area (TPSA) is 48.0 Å². The molecule has 1 aliphatic heterocycles. The minimum Gasteiger partial charge on any atom is -0.497 e. The van der Waals surface area contributed by atoms with E-state index in [1.165, 1.54) is 11.1 Å². The molecule has 188 valence electrons. The fraction of sp³-hybridized carbons (Fsp3) is 0.536. The summed E-state index contributed by atoms with van der Waals surface area (Å²) in [5.74, 6) is 1.80. The Kier molecular flexibility index (Phi) is 12.3. The highest BCUT2D eigenvalue weighted by atomic mass is 35.5. The number of unbranched alkanes of at least 4 members (excludes halogenated alkanes) is 2. The van der Waals surface area contributed by atoms with E-state index in [4.69, 9.17) is 14.2 Å². The number of nitrogens with zero attached hydrogens (tertiary/aromatic N) is 1. The number of likely N-dealkylation sites (N-methyl/N-ethyl adjacent to an activating group) is 1. The van der Waals surface area contributed by atoms with Crippen molar-refractivity contribution in [3.05, 3.63) is 59.7 Å². The number of methoxy groups -OCH3 is 1. The number of esters is 1. The zero-order chi connectivity index (χ0) is 23.5. The van der Waals surface area contributed by atoms with Gasteiger partial charge in [-0.2, -0.15) is 0 Å². The maximum Gasteiger partial charge on any atom is 0.306 e. The lowest BCUT2D eigenvalue weighted by molar-refractivity contribution is -0.148. The smallest absolute Gasteiger partial charge is 0.306 e. The minimum absolute atomic E-state index is 0. The highest BCUT2D eigenvalue weighted by Crippen LogP contribution is 2.25. The van der Waals surface area contributed by atoms with Crippen LogP contribution < -0.4 is 9.47 Å². The molecule has 1 heterocycles. The average Bonchev–Trinajstić information content (AvgIpc) is 3.17. The van der Waals surface area contributed by atoms with Crippen LogP contribution in [0.25, 0.3) is 0 Å². The van der Waals surface area contributed by atoms with E-state index in [9.17, 15) is 4.79 Å². The van der Waals surface area contributed by atoms with Crippen molar-refractivity contribution < 1.29 is 19.0 Å². The first-order valence-electron chi connectivity index (χ1n) is 12.3. The van der Waals surface area contributed by atoms with Crippen LogP contribution in [0.1, 0.15) is 56.6 Å². The molecule has 1 saturated heterocycles. The molecule has 0 bridgehead atoms. The Balaban J connectivity index is 0.00000408. The predicted octanol–water partition coefficient (Wildman–Crippen LogP) is 5.87. The number of ether oxygens (including phenoxy) is 3. The summed E-state index contributed by atoms with van der Waals surface area (Å²) in [5, 5.41) is 0. The van der Waals surface area contributed by atoms with Gasteiger partial charge in [0.25, 0.3) is 0 Å². The maximum absolute atomic E-state index is 12.1. The van der Waals surface area contributed by atoms with Crippen LogP contribution in [-0.4, -0.2) is 50.3 Å². The number of benzene rings is 2. The second kappa shape index (κ2) is 14.9. The summed E-state index contributed by atoms with van der Waals surface area (Å²) in [4.78, 5) is 14.3. The summed E-state index contributed by atoms with van der Waals surface area (Å²) in [5.41, 5.74) is 2.48. The number of likely N-dealkylation sites (tertiary alicyclic amines) is 1. The Morgan fingerprint density at radius 3 is 2.71 bits per heavy atom. The predicted molar refractivity (Wildman–Crippen MR) is 139 cm³/mol. The van der Waals surface area contributed by atoms with Crippen molar-refractivity contribution in [2.45, 2.75) is 70.4 Å². The van der Waals surface area contributed by atoms with Gasteiger partial charge >= 0.3 is 5.97 Å². The van der Waals surface area contributed by atoms with E-state index in [0.29, 0.717) is 19.1 Å². The molecular formula is C28H40ClNO4. The fourth-order valence-corrected chi connectivity index (χ4v) is 4.48. The number of aryl methyl sites for hydroxylation is 2. The summed E-state index contributed by atoms with van der Waals surface area (Å²) < 4.78 is 17.2. The van der Waals surface area contributed by atoms with Gasteiger partial charge in [-0.3, -0.25) is 9.69 Å². The number of hydrogen-bond acceptors (Lipinski definition) is 5. The number of carbonyl (C=O) groups excluding carboxylic acids is 1. The summed E-state index contributed by atoms with van der Waals surface area (Å²) in [7, 11) is 3.81. The molecule has 1 fully saturated rings. The minimum atomic E-state index is -0.0521. The molecule has 5 nitrogen and oxygen atoms in total. The molecule has 0 aromatic heterocycles. The zero-order valence-corrected chi connectivity index (χ0v) is 21.6. The molecule has 2 aromatic rings. The van der Waals surface area contributed by atoms with Crippen LogP contribution in [-0.2, 0) is 22.4 Å². The highest BCUT2D eigenvalue weighted by molar-refractivity contribution is 5.85. The second-order valence-corrected chi connectivity index (χ2v) is 8.99. The quantitative estimate of drug-likeness (QED) is 0.260. The number of para-hydroxylation sites is 1. The van der Waals surface area contributed by atoms with Crippen molar-refractivity contribution in [2.24, 2.45) is 0 Å². The first-order chi connectivity index (χ1) is 16.1. The molecule has 2 atom stereocenters. The van der Waals surface area contributed by atoms with Crippen LogP contribution in [0.4, 0.5) is 0 Å². The van der Waals surface area contributed by atoms with Crippen LogP contribution in [0.3, 0.4) is 0 Å². The van der Waals surface area contributed by atoms with E-state index in [0.717, 1.165) is 63.0 Å². The van der Waals surface area contributed by atoms with Crippen LogP contribution >= 0.6 is 12.4 Å². The van der Waals surface area contributed by atoms with Gasteiger partial charge in [-0.1, -0.05) is 50.1 Å². The average molecular weight is 490 g/mol. The summed E-state index contributed by atoms with van der Waals surface area (Å²) in [6.45, 7) is 3.60. The molecule has 3 rings (SSSR count). The van der Waals surface area contributed by atoms with Gasteiger partial charge in [0.1, 0.15) is 17.6 Å². The van der Waals surface area contributed by atoms with E-state index in [-0.39, 0.29) is 24.5 Å². The summed E-state index contributed by atoms with van der Waals surface area (Å²) >= 11 is 0. The normalized spacial score (nSPS) is 17.7. The van der Waals surface area contributed by atoms with Crippen LogP contribution in [0.2, 0.25) is 0 Å². The molecule has 2 aromatic carbocycles. The Bertz CT molecular complexity index is 875. The molecule has 1 aliphatic rings. The van der Waals surface area contributed by atoms with Gasteiger partial charge in [-0.15, -0.1) is 12.4 Å². The van der Waals surface area contributed by atoms with Crippen LogP contribution in [0.5, 0.6) is 11.5 Å². The molecule has 0 saturated carbocycles. The largest absolute Gasteiger partial charge is 0.497 e. The first kappa shape index (κ1) is 28.0. The highest BCUT2D eigenvalue weighted by Gasteiger charge is 2.31. The molecule has 0 radical (unpaired) electrons. The second-order valence-electron chi connectivity index (χ2n) is 8.99. The molecule has 0 amide bonds. The first-order valence-corrected chi connectivity index (χ1v) is 12.3. The van der Waals surface area contributed by atoms with Crippen molar-refractivity contribution in [1.29, 1.82) is 0 Å². The van der Waals surface area contributed by atoms with Gasteiger partial charge in [0, 0.05) is 25.4 Å². The SMILES string of the molecule is CCCCCC(=O)O[C@@H]1C[C@@H](CCOc2ccccc2CCc2cccc(OC)c2)N(C)C1.Cl. The van der Waals surface area contributed by atoms with E-state index in [2.05, 4.69) is 49.2 Å². The van der Waals surface area contributed by atoms with Gasteiger partial charge in [-0.05, 0) is 62.1 Å².